The Morgan fingerprint density at radius 1 is 1.50 bits per heavy atom. The third-order valence-electron chi connectivity index (χ3n) is 2.06. The van der Waals surface area contributed by atoms with Crippen molar-refractivity contribution in [2.75, 3.05) is 0 Å². The molecule has 1 rings (SSSR count). The Morgan fingerprint density at radius 3 is 2.58 bits per heavy atom. The van der Waals surface area contributed by atoms with Gasteiger partial charge in [-0.1, -0.05) is 26.2 Å². The molecule has 0 spiro atoms. The van der Waals surface area contributed by atoms with Crippen LogP contribution in [0, 0.1) is 6.92 Å². The van der Waals surface area contributed by atoms with Crippen LogP contribution in [0.3, 0.4) is 0 Å². The van der Waals surface area contributed by atoms with Crippen LogP contribution < -0.4 is 10.6 Å². The SMILES string of the molecule is C=Cc1[nH]/c(=C/CC)c(=C)c1C. The first-order valence-electron chi connectivity index (χ1n) is 4.20. The fourth-order valence-corrected chi connectivity index (χ4v) is 1.26. The number of hydrogen-bond donors (Lipinski definition) is 1. The Labute approximate surface area is 73.1 Å². The van der Waals surface area contributed by atoms with Gasteiger partial charge >= 0.3 is 0 Å². The van der Waals surface area contributed by atoms with Gasteiger partial charge in [0.15, 0.2) is 0 Å². The van der Waals surface area contributed by atoms with Crippen LogP contribution in [0.25, 0.3) is 18.7 Å². The molecule has 0 amide bonds. The molecule has 0 atom stereocenters. The molecule has 0 aliphatic heterocycles. The van der Waals surface area contributed by atoms with E-state index in [-0.39, 0.29) is 0 Å². The van der Waals surface area contributed by atoms with Gasteiger partial charge in [0.1, 0.15) is 0 Å². The molecule has 12 heavy (non-hydrogen) atoms. The lowest BCUT2D eigenvalue weighted by molar-refractivity contribution is 1.23. The van der Waals surface area contributed by atoms with Crippen molar-refractivity contribution in [3.8, 4) is 0 Å². The number of hydrogen-bond acceptors (Lipinski definition) is 0. The van der Waals surface area contributed by atoms with Crippen molar-refractivity contribution in [1.82, 2.24) is 4.98 Å². The standard InChI is InChI=1S/C11H15N/c1-5-7-11-9(4)8(3)10(6-2)12-11/h6-7,12H,2,4-5H2,1,3H3/b11-7+. The maximum absolute atomic E-state index is 4.00. The molecule has 1 aromatic rings. The molecule has 0 radical (unpaired) electrons. The van der Waals surface area contributed by atoms with Crippen molar-refractivity contribution in [2.45, 2.75) is 20.3 Å². The molecule has 64 valence electrons. The molecule has 0 saturated heterocycles. The Balaban J connectivity index is 3.45. The fourth-order valence-electron chi connectivity index (χ4n) is 1.26. The van der Waals surface area contributed by atoms with E-state index in [1.54, 1.807) is 0 Å². The van der Waals surface area contributed by atoms with Gasteiger partial charge in [0.2, 0.25) is 0 Å². The van der Waals surface area contributed by atoms with Gasteiger partial charge in [-0.25, -0.2) is 0 Å². The predicted molar refractivity (Wildman–Crippen MR) is 55.1 cm³/mol. The average Bonchev–Trinajstić information content (AvgIpc) is 2.33. The van der Waals surface area contributed by atoms with Crippen LogP contribution in [-0.2, 0) is 0 Å². The highest BCUT2D eigenvalue weighted by Crippen LogP contribution is 1.96. The van der Waals surface area contributed by atoms with E-state index in [0.29, 0.717) is 0 Å². The molecule has 0 fully saturated rings. The Morgan fingerprint density at radius 2 is 2.17 bits per heavy atom. The molecule has 0 bridgehead atoms. The van der Waals surface area contributed by atoms with Crippen molar-refractivity contribution in [2.24, 2.45) is 0 Å². The van der Waals surface area contributed by atoms with Crippen molar-refractivity contribution >= 4 is 18.7 Å². The first kappa shape index (κ1) is 8.85. The molecule has 0 aromatic carbocycles. The number of H-pyrrole nitrogens is 1. The van der Waals surface area contributed by atoms with E-state index >= 15 is 0 Å². The summed E-state index contributed by atoms with van der Waals surface area (Å²) in [5, 5.41) is 2.22. The summed E-state index contributed by atoms with van der Waals surface area (Å²) in [7, 11) is 0. The van der Waals surface area contributed by atoms with Gasteiger partial charge < -0.3 is 4.98 Å². The minimum atomic E-state index is 1.03. The quantitative estimate of drug-likeness (QED) is 0.677. The second kappa shape index (κ2) is 3.44. The van der Waals surface area contributed by atoms with Crippen LogP contribution in [-0.4, -0.2) is 4.98 Å². The summed E-state index contributed by atoms with van der Waals surface area (Å²) in [6, 6.07) is 0. The highest BCUT2D eigenvalue weighted by Gasteiger charge is 1.97. The van der Waals surface area contributed by atoms with Gasteiger partial charge in [-0.2, -0.15) is 0 Å². The van der Waals surface area contributed by atoms with Crippen LogP contribution in [0.4, 0.5) is 0 Å². The van der Waals surface area contributed by atoms with Crippen LogP contribution in [0.5, 0.6) is 0 Å². The maximum atomic E-state index is 4.00. The third kappa shape index (κ3) is 1.35. The normalized spacial score (nSPS) is 12.0. The molecular weight excluding hydrogens is 146 g/mol. The largest absolute Gasteiger partial charge is 0.355 e. The molecule has 0 unspecified atom stereocenters. The molecule has 1 heteroatoms. The highest BCUT2D eigenvalue weighted by atomic mass is 14.7. The topological polar surface area (TPSA) is 15.8 Å². The second-order valence-corrected chi connectivity index (χ2v) is 2.87. The zero-order chi connectivity index (χ0) is 9.14. The minimum Gasteiger partial charge on any atom is -0.355 e. The van der Waals surface area contributed by atoms with Gasteiger partial charge in [0.25, 0.3) is 0 Å². The predicted octanol–water partition coefficient (Wildman–Crippen LogP) is 1.57. The zero-order valence-corrected chi connectivity index (χ0v) is 7.78. The summed E-state index contributed by atoms with van der Waals surface area (Å²) in [5.74, 6) is 0. The van der Waals surface area contributed by atoms with E-state index in [1.807, 2.05) is 6.08 Å². The molecule has 1 heterocycles. The van der Waals surface area contributed by atoms with Crippen LogP contribution in [0.2, 0.25) is 0 Å². The van der Waals surface area contributed by atoms with Crippen molar-refractivity contribution in [1.29, 1.82) is 0 Å². The van der Waals surface area contributed by atoms with Crippen LogP contribution in [0.1, 0.15) is 24.6 Å². The van der Waals surface area contributed by atoms with Crippen molar-refractivity contribution in [3.05, 3.63) is 28.4 Å². The molecule has 0 saturated carbocycles. The Kier molecular flexibility index (Phi) is 2.54. The van der Waals surface area contributed by atoms with Crippen molar-refractivity contribution < 1.29 is 0 Å². The minimum absolute atomic E-state index is 1.03. The van der Waals surface area contributed by atoms with E-state index < -0.39 is 0 Å². The molecule has 1 nitrogen and oxygen atoms in total. The van der Waals surface area contributed by atoms with Crippen LogP contribution >= 0.6 is 0 Å². The van der Waals surface area contributed by atoms with Gasteiger partial charge in [-0.3, -0.25) is 0 Å². The van der Waals surface area contributed by atoms with Gasteiger partial charge in [0.05, 0.1) is 0 Å². The van der Waals surface area contributed by atoms with E-state index in [0.717, 1.165) is 22.7 Å². The highest BCUT2D eigenvalue weighted by molar-refractivity contribution is 5.49. The first-order valence-corrected chi connectivity index (χ1v) is 4.20. The lowest BCUT2D eigenvalue weighted by atomic mass is 10.2. The fraction of sp³-hybridized carbons (Fsp3) is 0.273. The third-order valence-corrected chi connectivity index (χ3v) is 2.06. The maximum Gasteiger partial charge on any atom is 0.0414 e. The Bertz CT molecular complexity index is 382. The average molecular weight is 161 g/mol. The lowest BCUT2D eigenvalue weighted by Crippen LogP contribution is -2.21. The van der Waals surface area contributed by atoms with Crippen LogP contribution in [0.15, 0.2) is 6.58 Å². The summed E-state index contributed by atoms with van der Waals surface area (Å²) in [6.45, 7) is 11.9. The summed E-state index contributed by atoms with van der Waals surface area (Å²) < 4.78 is 0. The summed E-state index contributed by atoms with van der Waals surface area (Å²) in [4.78, 5) is 3.26. The molecule has 0 aliphatic carbocycles. The zero-order valence-electron chi connectivity index (χ0n) is 7.78. The summed E-state index contributed by atoms with van der Waals surface area (Å²) >= 11 is 0. The molecule has 1 aromatic heterocycles. The van der Waals surface area contributed by atoms with Gasteiger partial charge in [-0.15, -0.1) is 0 Å². The molecular formula is C11H15N. The molecule has 0 aliphatic rings. The van der Waals surface area contributed by atoms with E-state index in [4.69, 9.17) is 0 Å². The summed E-state index contributed by atoms with van der Waals surface area (Å²) in [5.41, 5.74) is 2.28. The first-order chi connectivity index (χ1) is 5.70. The van der Waals surface area contributed by atoms with Gasteiger partial charge in [-0.05, 0) is 30.2 Å². The van der Waals surface area contributed by atoms with E-state index in [1.165, 1.54) is 5.56 Å². The van der Waals surface area contributed by atoms with E-state index in [9.17, 15) is 0 Å². The monoisotopic (exact) mass is 161 g/mol. The van der Waals surface area contributed by atoms with Gasteiger partial charge in [0, 0.05) is 11.0 Å². The number of rotatable bonds is 2. The second-order valence-electron chi connectivity index (χ2n) is 2.87. The smallest absolute Gasteiger partial charge is 0.0414 e. The number of aromatic amines is 1. The number of nitrogens with one attached hydrogen (secondary N) is 1. The number of aromatic nitrogens is 1. The van der Waals surface area contributed by atoms with E-state index in [2.05, 4.69) is 38.1 Å². The van der Waals surface area contributed by atoms with Crippen molar-refractivity contribution in [3.63, 3.8) is 0 Å². The summed E-state index contributed by atoms with van der Waals surface area (Å²) in [6.07, 6.45) is 5.00. The molecule has 1 N–H and O–H groups in total. The lowest BCUT2D eigenvalue weighted by Gasteiger charge is -1.85. The Hall–Kier alpha value is -1.24.